The van der Waals surface area contributed by atoms with Crippen molar-refractivity contribution in [2.24, 2.45) is 5.92 Å². The summed E-state index contributed by atoms with van der Waals surface area (Å²) in [5.41, 5.74) is 6.08. The molecule has 1 fully saturated rings. The van der Waals surface area contributed by atoms with Crippen molar-refractivity contribution in [3.63, 3.8) is 0 Å². The predicted molar refractivity (Wildman–Crippen MR) is 65.1 cm³/mol. The zero-order chi connectivity index (χ0) is 12.4. The molecule has 92 valence electrons. The third kappa shape index (κ3) is 2.57. The molecule has 2 N–H and O–H groups in total. The summed E-state index contributed by atoms with van der Waals surface area (Å²) in [6.07, 6.45) is 2.11. The predicted octanol–water partition coefficient (Wildman–Crippen LogP) is 2.28. The number of nitrogens with two attached hydrogens (primary N) is 1. The maximum atomic E-state index is 13.6. The molecule has 0 spiro atoms. The smallest absolute Gasteiger partial charge is 0.256 e. The molecular formula is C13H17FN2O. The monoisotopic (exact) mass is 236 g/mol. The Morgan fingerprint density at radius 1 is 1.53 bits per heavy atom. The fraction of sp³-hybridized carbons (Fsp3) is 0.462. The summed E-state index contributed by atoms with van der Waals surface area (Å²) in [7, 11) is 0. The molecule has 4 heteroatoms. The van der Waals surface area contributed by atoms with E-state index in [2.05, 4.69) is 6.92 Å². The maximum Gasteiger partial charge on any atom is 0.256 e. The molecule has 1 aromatic rings. The summed E-state index contributed by atoms with van der Waals surface area (Å²) in [5, 5.41) is 0. The van der Waals surface area contributed by atoms with Crippen LogP contribution < -0.4 is 5.73 Å². The van der Waals surface area contributed by atoms with Crippen molar-refractivity contribution in [2.45, 2.75) is 19.8 Å². The van der Waals surface area contributed by atoms with E-state index in [1.807, 2.05) is 0 Å². The molecule has 1 saturated heterocycles. The largest absolute Gasteiger partial charge is 0.399 e. The Kier molecular flexibility index (Phi) is 3.31. The first-order valence-electron chi connectivity index (χ1n) is 5.92. The second-order valence-electron chi connectivity index (χ2n) is 4.74. The van der Waals surface area contributed by atoms with Crippen molar-refractivity contribution in [1.82, 2.24) is 4.90 Å². The summed E-state index contributed by atoms with van der Waals surface area (Å²) in [6.45, 7) is 3.51. The second-order valence-corrected chi connectivity index (χ2v) is 4.74. The lowest BCUT2D eigenvalue weighted by Gasteiger charge is -2.31. The summed E-state index contributed by atoms with van der Waals surface area (Å²) in [6, 6.07) is 4.12. The van der Waals surface area contributed by atoms with Crippen LogP contribution in [0.5, 0.6) is 0 Å². The van der Waals surface area contributed by atoms with Gasteiger partial charge in [-0.05, 0) is 37.0 Å². The number of amides is 1. The van der Waals surface area contributed by atoms with E-state index in [1.165, 1.54) is 18.2 Å². The zero-order valence-electron chi connectivity index (χ0n) is 9.95. The molecule has 1 amide bonds. The Balaban J connectivity index is 2.21. The van der Waals surface area contributed by atoms with Crippen LogP contribution in [0, 0.1) is 11.7 Å². The molecule has 3 nitrogen and oxygen atoms in total. The summed E-state index contributed by atoms with van der Waals surface area (Å²) >= 11 is 0. The number of halogens is 1. The Labute approximate surface area is 100 Å². The number of benzene rings is 1. The number of hydrogen-bond donors (Lipinski definition) is 1. The standard InChI is InChI=1S/C13H17FN2O/c1-9-3-2-6-16(8-9)13(17)11-7-10(15)4-5-12(11)14/h4-5,7,9H,2-3,6,8,15H2,1H3. The van der Waals surface area contributed by atoms with Crippen LogP contribution in [-0.4, -0.2) is 23.9 Å². The van der Waals surface area contributed by atoms with Gasteiger partial charge in [0.25, 0.3) is 5.91 Å². The lowest BCUT2D eigenvalue weighted by molar-refractivity contribution is 0.0678. The van der Waals surface area contributed by atoms with Crippen LogP contribution in [0.2, 0.25) is 0 Å². The Morgan fingerprint density at radius 3 is 3.00 bits per heavy atom. The molecule has 2 rings (SSSR count). The van der Waals surface area contributed by atoms with Crippen LogP contribution >= 0.6 is 0 Å². The van der Waals surface area contributed by atoms with Gasteiger partial charge in [-0.25, -0.2) is 4.39 Å². The molecular weight excluding hydrogens is 219 g/mol. The lowest BCUT2D eigenvalue weighted by Crippen LogP contribution is -2.39. The Hall–Kier alpha value is -1.58. The Morgan fingerprint density at radius 2 is 2.29 bits per heavy atom. The molecule has 1 aromatic carbocycles. The third-order valence-electron chi connectivity index (χ3n) is 3.17. The van der Waals surface area contributed by atoms with Crippen LogP contribution in [0.3, 0.4) is 0 Å². The number of hydrogen-bond acceptors (Lipinski definition) is 2. The van der Waals surface area contributed by atoms with Crippen LogP contribution in [0.4, 0.5) is 10.1 Å². The minimum absolute atomic E-state index is 0.0825. The molecule has 0 bridgehead atoms. The van der Waals surface area contributed by atoms with E-state index in [4.69, 9.17) is 5.73 Å². The third-order valence-corrected chi connectivity index (χ3v) is 3.17. The van der Waals surface area contributed by atoms with Crippen molar-refractivity contribution < 1.29 is 9.18 Å². The highest BCUT2D eigenvalue weighted by molar-refractivity contribution is 5.95. The highest BCUT2D eigenvalue weighted by Gasteiger charge is 2.24. The quantitative estimate of drug-likeness (QED) is 0.760. The van der Waals surface area contributed by atoms with E-state index in [0.717, 1.165) is 12.8 Å². The number of piperidine rings is 1. The molecule has 1 aliphatic heterocycles. The normalized spacial score (nSPS) is 20.4. The van der Waals surface area contributed by atoms with E-state index >= 15 is 0 Å². The van der Waals surface area contributed by atoms with E-state index < -0.39 is 5.82 Å². The van der Waals surface area contributed by atoms with Crippen molar-refractivity contribution in [2.75, 3.05) is 18.8 Å². The van der Waals surface area contributed by atoms with Crippen LogP contribution in [0.15, 0.2) is 18.2 Å². The van der Waals surface area contributed by atoms with Gasteiger partial charge in [0.05, 0.1) is 5.56 Å². The van der Waals surface area contributed by atoms with Gasteiger partial charge in [-0.3, -0.25) is 4.79 Å². The van der Waals surface area contributed by atoms with Gasteiger partial charge in [0.2, 0.25) is 0 Å². The maximum absolute atomic E-state index is 13.6. The first-order valence-corrected chi connectivity index (χ1v) is 5.92. The molecule has 17 heavy (non-hydrogen) atoms. The van der Waals surface area contributed by atoms with Gasteiger partial charge >= 0.3 is 0 Å². The molecule has 0 radical (unpaired) electrons. The molecule has 0 aromatic heterocycles. The summed E-state index contributed by atoms with van der Waals surface area (Å²) in [5.74, 6) is -0.263. The number of nitrogen functional groups attached to an aromatic ring is 1. The molecule has 0 aliphatic carbocycles. The minimum atomic E-state index is -0.498. The van der Waals surface area contributed by atoms with Gasteiger partial charge in [-0.15, -0.1) is 0 Å². The number of carbonyl (C=O) groups excluding carboxylic acids is 1. The first kappa shape index (κ1) is 11.9. The summed E-state index contributed by atoms with van der Waals surface area (Å²) in [4.78, 5) is 13.9. The molecule has 1 unspecified atom stereocenters. The zero-order valence-corrected chi connectivity index (χ0v) is 9.95. The average Bonchev–Trinajstić information content (AvgIpc) is 2.31. The van der Waals surface area contributed by atoms with Crippen molar-refractivity contribution in [1.29, 1.82) is 0 Å². The van der Waals surface area contributed by atoms with Gasteiger partial charge in [-0.2, -0.15) is 0 Å². The van der Waals surface area contributed by atoms with Gasteiger partial charge < -0.3 is 10.6 Å². The van der Waals surface area contributed by atoms with Crippen molar-refractivity contribution in [3.05, 3.63) is 29.6 Å². The highest BCUT2D eigenvalue weighted by Crippen LogP contribution is 2.20. The van der Waals surface area contributed by atoms with Gasteiger partial charge in [0.15, 0.2) is 0 Å². The summed E-state index contributed by atoms with van der Waals surface area (Å²) < 4.78 is 13.6. The fourth-order valence-electron chi connectivity index (χ4n) is 2.25. The number of nitrogens with zero attached hydrogens (tertiary/aromatic N) is 1. The SMILES string of the molecule is CC1CCCN(C(=O)c2cc(N)ccc2F)C1. The van der Waals surface area contributed by atoms with Crippen molar-refractivity contribution in [3.8, 4) is 0 Å². The van der Waals surface area contributed by atoms with E-state index in [1.54, 1.807) is 4.90 Å². The van der Waals surface area contributed by atoms with Crippen LogP contribution in [0.1, 0.15) is 30.1 Å². The van der Waals surface area contributed by atoms with Gasteiger partial charge in [-0.1, -0.05) is 6.92 Å². The minimum Gasteiger partial charge on any atom is -0.399 e. The van der Waals surface area contributed by atoms with Crippen LogP contribution in [-0.2, 0) is 0 Å². The molecule has 1 heterocycles. The lowest BCUT2D eigenvalue weighted by atomic mass is 9.99. The van der Waals surface area contributed by atoms with Gasteiger partial charge in [0, 0.05) is 18.8 Å². The van der Waals surface area contributed by atoms with Gasteiger partial charge in [0.1, 0.15) is 5.82 Å². The van der Waals surface area contributed by atoms with E-state index in [9.17, 15) is 9.18 Å². The number of carbonyl (C=O) groups is 1. The molecule has 0 saturated carbocycles. The number of anilines is 1. The molecule has 1 aliphatic rings. The Bertz CT molecular complexity index is 433. The number of rotatable bonds is 1. The van der Waals surface area contributed by atoms with Crippen molar-refractivity contribution >= 4 is 11.6 Å². The fourth-order valence-corrected chi connectivity index (χ4v) is 2.25. The topological polar surface area (TPSA) is 46.3 Å². The van der Waals surface area contributed by atoms with E-state index in [0.29, 0.717) is 24.7 Å². The number of likely N-dealkylation sites (tertiary alicyclic amines) is 1. The highest BCUT2D eigenvalue weighted by atomic mass is 19.1. The first-order chi connectivity index (χ1) is 8.08. The van der Waals surface area contributed by atoms with E-state index in [-0.39, 0.29) is 11.5 Å². The average molecular weight is 236 g/mol. The van der Waals surface area contributed by atoms with Crippen LogP contribution in [0.25, 0.3) is 0 Å². The molecule has 1 atom stereocenters. The second kappa shape index (κ2) is 4.73.